The molecule has 94 valence electrons. The van der Waals surface area contributed by atoms with Crippen molar-refractivity contribution in [1.82, 2.24) is 4.90 Å². The standard InChI is InChI=1S/C11H22N2O3/c1-13(2)11(9(12)7-10(14)15)8-3-5-16-6-4-8/h8-9,11H,3-7,12H2,1-2H3,(H,14,15). The van der Waals surface area contributed by atoms with E-state index in [0.717, 1.165) is 26.1 Å². The van der Waals surface area contributed by atoms with Crippen LogP contribution in [0.4, 0.5) is 0 Å². The Morgan fingerprint density at radius 1 is 1.50 bits per heavy atom. The molecule has 2 atom stereocenters. The molecular weight excluding hydrogens is 208 g/mol. The highest BCUT2D eigenvalue weighted by Crippen LogP contribution is 2.24. The van der Waals surface area contributed by atoms with Gasteiger partial charge in [-0.3, -0.25) is 4.79 Å². The molecule has 0 aromatic heterocycles. The summed E-state index contributed by atoms with van der Waals surface area (Å²) in [4.78, 5) is 12.7. The van der Waals surface area contributed by atoms with Crippen LogP contribution >= 0.6 is 0 Å². The number of hydrogen-bond donors (Lipinski definition) is 2. The number of nitrogens with two attached hydrogens (primary N) is 1. The number of aliphatic carboxylic acids is 1. The Labute approximate surface area is 96.6 Å². The van der Waals surface area contributed by atoms with Gasteiger partial charge in [-0.1, -0.05) is 0 Å². The van der Waals surface area contributed by atoms with Crippen LogP contribution in [0.1, 0.15) is 19.3 Å². The fourth-order valence-corrected chi connectivity index (χ4v) is 2.53. The summed E-state index contributed by atoms with van der Waals surface area (Å²) in [6.45, 7) is 1.52. The van der Waals surface area contributed by atoms with Gasteiger partial charge in [-0.05, 0) is 32.9 Å². The van der Waals surface area contributed by atoms with Crippen LogP contribution in [0.3, 0.4) is 0 Å². The summed E-state index contributed by atoms with van der Waals surface area (Å²) in [6.07, 6.45) is 1.96. The van der Waals surface area contributed by atoms with Gasteiger partial charge < -0.3 is 20.5 Å². The van der Waals surface area contributed by atoms with E-state index in [0.29, 0.717) is 5.92 Å². The van der Waals surface area contributed by atoms with Gasteiger partial charge in [-0.2, -0.15) is 0 Å². The topological polar surface area (TPSA) is 75.8 Å². The molecular formula is C11H22N2O3. The molecule has 5 heteroatoms. The minimum atomic E-state index is -0.827. The third-order valence-corrected chi connectivity index (χ3v) is 3.19. The molecule has 1 aliphatic heterocycles. The van der Waals surface area contributed by atoms with Crippen LogP contribution in [0.15, 0.2) is 0 Å². The van der Waals surface area contributed by atoms with Gasteiger partial charge in [-0.15, -0.1) is 0 Å². The molecule has 5 nitrogen and oxygen atoms in total. The second-order valence-electron chi connectivity index (χ2n) is 4.67. The summed E-state index contributed by atoms with van der Waals surface area (Å²) in [5, 5.41) is 8.79. The number of carboxylic acid groups (broad SMARTS) is 1. The zero-order chi connectivity index (χ0) is 12.1. The van der Waals surface area contributed by atoms with Crippen molar-refractivity contribution in [2.45, 2.75) is 31.3 Å². The van der Waals surface area contributed by atoms with Gasteiger partial charge in [0.2, 0.25) is 0 Å². The molecule has 1 fully saturated rings. The predicted molar refractivity (Wildman–Crippen MR) is 61.2 cm³/mol. The van der Waals surface area contributed by atoms with E-state index < -0.39 is 5.97 Å². The Morgan fingerprint density at radius 2 is 2.06 bits per heavy atom. The van der Waals surface area contributed by atoms with E-state index in [9.17, 15) is 4.79 Å². The molecule has 2 unspecified atom stereocenters. The predicted octanol–water partition coefficient (Wildman–Crippen LogP) is 0.145. The largest absolute Gasteiger partial charge is 0.481 e. The van der Waals surface area contributed by atoms with Crippen LogP contribution in [0.5, 0.6) is 0 Å². The van der Waals surface area contributed by atoms with Gasteiger partial charge in [0.05, 0.1) is 6.42 Å². The molecule has 0 aromatic carbocycles. The van der Waals surface area contributed by atoms with Gasteiger partial charge in [-0.25, -0.2) is 0 Å². The molecule has 1 saturated heterocycles. The zero-order valence-corrected chi connectivity index (χ0v) is 10.1. The van der Waals surface area contributed by atoms with Crippen molar-refractivity contribution < 1.29 is 14.6 Å². The maximum Gasteiger partial charge on any atom is 0.304 e. The van der Waals surface area contributed by atoms with Crippen molar-refractivity contribution in [3.8, 4) is 0 Å². The first-order valence-corrected chi connectivity index (χ1v) is 5.74. The lowest BCUT2D eigenvalue weighted by Gasteiger charge is -2.38. The number of carbonyl (C=O) groups is 1. The van der Waals surface area contributed by atoms with E-state index in [4.69, 9.17) is 15.6 Å². The second-order valence-corrected chi connectivity index (χ2v) is 4.67. The summed E-state index contributed by atoms with van der Waals surface area (Å²) >= 11 is 0. The smallest absolute Gasteiger partial charge is 0.304 e. The first-order valence-electron chi connectivity index (χ1n) is 5.74. The lowest BCUT2D eigenvalue weighted by atomic mass is 9.85. The maximum atomic E-state index is 10.7. The first kappa shape index (κ1) is 13.4. The summed E-state index contributed by atoms with van der Waals surface area (Å²) in [5.74, 6) is -0.385. The van der Waals surface area contributed by atoms with Crippen molar-refractivity contribution in [2.75, 3.05) is 27.3 Å². The van der Waals surface area contributed by atoms with Gasteiger partial charge in [0.15, 0.2) is 0 Å². The molecule has 0 spiro atoms. The minimum Gasteiger partial charge on any atom is -0.481 e. The van der Waals surface area contributed by atoms with Crippen LogP contribution in [0.25, 0.3) is 0 Å². The molecule has 0 amide bonds. The third-order valence-electron chi connectivity index (χ3n) is 3.19. The van der Waals surface area contributed by atoms with Gasteiger partial charge in [0.1, 0.15) is 0 Å². The Hall–Kier alpha value is -0.650. The third kappa shape index (κ3) is 3.73. The highest BCUT2D eigenvalue weighted by atomic mass is 16.5. The van der Waals surface area contributed by atoms with E-state index >= 15 is 0 Å². The number of ether oxygens (including phenoxy) is 1. The average molecular weight is 230 g/mol. The summed E-state index contributed by atoms with van der Waals surface area (Å²) in [7, 11) is 3.92. The van der Waals surface area contributed by atoms with Crippen LogP contribution in [0, 0.1) is 5.92 Å². The first-order chi connectivity index (χ1) is 7.52. The summed E-state index contributed by atoms with van der Waals surface area (Å²) in [5.41, 5.74) is 5.99. The average Bonchev–Trinajstić information content (AvgIpc) is 2.17. The zero-order valence-electron chi connectivity index (χ0n) is 10.1. The van der Waals surface area contributed by atoms with Crippen molar-refractivity contribution >= 4 is 5.97 Å². The fraction of sp³-hybridized carbons (Fsp3) is 0.909. The molecule has 0 aromatic rings. The quantitative estimate of drug-likeness (QED) is 0.703. The molecule has 16 heavy (non-hydrogen) atoms. The molecule has 1 rings (SSSR count). The van der Waals surface area contributed by atoms with Gasteiger partial charge >= 0.3 is 5.97 Å². The minimum absolute atomic E-state index is 0.0280. The van der Waals surface area contributed by atoms with Crippen molar-refractivity contribution in [3.63, 3.8) is 0 Å². The molecule has 3 N–H and O–H groups in total. The van der Waals surface area contributed by atoms with Gasteiger partial charge in [0, 0.05) is 25.3 Å². The Balaban J connectivity index is 2.61. The molecule has 0 radical (unpaired) electrons. The number of likely N-dealkylation sites (N-methyl/N-ethyl adjacent to an activating group) is 1. The second kappa shape index (κ2) is 6.18. The van der Waals surface area contributed by atoms with Crippen LogP contribution in [0.2, 0.25) is 0 Å². The monoisotopic (exact) mass is 230 g/mol. The Bertz CT molecular complexity index is 227. The fourth-order valence-electron chi connectivity index (χ4n) is 2.53. The SMILES string of the molecule is CN(C)C(C(N)CC(=O)O)C1CCOCC1. The number of rotatable bonds is 5. The van der Waals surface area contributed by atoms with E-state index in [2.05, 4.69) is 0 Å². The van der Waals surface area contributed by atoms with Crippen LogP contribution < -0.4 is 5.73 Å². The highest BCUT2D eigenvalue weighted by Gasteiger charge is 2.31. The van der Waals surface area contributed by atoms with E-state index in [1.165, 1.54) is 0 Å². The molecule has 0 bridgehead atoms. The summed E-state index contributed by atoms with van der Waals surface area (Å²) < 4.78 is 5.31. The lowest BCUT2D eigenvalue weighted by molar-refractivity contribution is -0.137. The van der Waals surface area contributed by atoms with Crippen LogP contribution in [-0.2, 0) is 9.53 Å². The van der Waals surface area contributed by atoms with Crippen LogP contribution in [-0.4, -0.2) is 55.4 Å². The van der Waals surface area contributed by atoms with Crippen molar-refractivity contribution in [1.29, 1.82) is 0 Å². The molecule has 0 aliphatic carbocycles. The van der Waals surface area contributed by atoms with Crippen molar-refractivity contribution in [2.24, 2.45) is 11.7 Å². The number of nitrogens with zero attached hydrogens (tertiary/aromatic N) is 1. The maximum absolute atomic E-state index is 10.7. The highest BCUT2D eigenvalue weighted by molar-refractivity contribution is 5.67. The van der Waals surface area contributed by atoms with E-state index in [-0.39, 0.29) is 18.5 Å². The normalized spacial score (nSPS) is 22.0. The van der Waals surface area contributed by atoms with E-state index in [1.54, 1.807) is 0 Å². The lowest BCUT2D eigenvalue weighted by Crippen LogP contribution is -2.51. The number of carboxylic acids is 1. The summed E-state index contributed by atoms with van der Waals surface area (Å²) in [6, 6.07) is -0.185. The van der Waals surface area contributed by atoms with Crippen molar-refractivity contribution in [3.05, 3.63) is 0 Å². The molecule has 1 aliphatic rings. The van der Waals surface area contributed by atoms with E-state index in [1.807, 2.05) is 19.0 Å². The molecule has 1 heterocycles. The Kier molecular flexibility index (Phi) is 5.18. The van der Waals surface area contributed by atoms with Gasteiger partial charge in [0.25, 0.3) is 0 Å². The molecule has 0 saturated carbocycles. The number of hydrogen-bond acceptors (Lipinski definition) is 4. The Morgan fingerprint density at radius 3 is 2.50 bits per heavy atom.